The highest BCUT2D eigenvalue weighted by Gasteiger charge is 2.33. The van der Waals surface area contributed by atoms with E-state index in [0.717, 1.165) is 37.4 Å². The second kappa shape index (κ2) is 7.89. The van der Waals surface area contributed by atoms with Crippen LogP contribution in [0.4, 0.5) is 30.6 Å². The first-order chi connectivity index (χ1) is 13.4. The van der Waals surface area contributed by atoms with Crippen molar-refractivity contribution in [1.29, 1.82) is 0 Å². The molecule has 1 heterocycles. The molecule has 0 unspecified atom stereocenters. The highest BCUT2D eigenvalue weighted by atomic mass is 79.9. The molecule has 150 valence electrons. The van der Waals surface area contributed by atoms with Crippen LogP contribution in [-0.2, 0) is 6.18 Å². The summed E-state index contributed by atoms with van der Waals surface area (Å²) in [6.07, 6.45) is 3.62. The summed E-state index contributed by atoms with van der Waals surface area (Å²) in [6.45, 7) is 0. The Bertz CT molecular complexity index is 846. The molecule has 0 spiro atoms. The minimum atomic E-state index is -4.42. The Hall–Kier alpha value is -1.83. The summed E-state index contributed by atoms with van der Waals surface area (Å²) in [7, 11) is 0. The third-order valence-corrected chi connectivity index (χ3v) is 5.92. The number of benzene rings is 1. The first-order valence-corrected chi connectivity index (χ1v) is 10.5. The van der Waals surface area contributed by atoms with Gasteiger partial charge in [0.15, 0.2) is 0 Å². The van der Waals surface area contributed by atoms with Crippen LogP contribution in [0.1, 0.15) is 62.1 Å². The summed E-state index contributed by atoms with van der Waals surface area (Å²) >= 11 is 2.97. The predicted molar refractivity (Wildman–Crippen MR) is 107 cm³/mol. The average Bonchev–Trinajstić information content (AvgIpc) is 3.48. The number of hydrogen-bond donors (Lipinski definition) is 2. The van der Waals surface area contributed by atoms with Gasteiger partial charge in [-0.15, -0.1) is 0 Å². The van der Waals surface area contributed by atoms with Crippen LogP contribution < -0.4 is 10.6 Å². The zero-order chi connectivity index (χ0) is 19.7. The maximum Gasteiger partial charge on any atom is 0.417 e. The van der Waals surface area contributed by atoms with E-state index >= 15 is 0 Å². The molecule has 2 saturated carbocycles. The van der Waals surface area contributed by atoms with E-state index in [0.29, 0.717) is 29.4 Å². The van der Waals surface area contributed by atoms with E-state index in [1.54, 1.807) is 6.07 Å². The second-order valence-corrected chi connectivity index (χ2v) is 8.43. The zero-order valence-corrected chi connectivity index (χ0v) is 16.9. The number of anilines is 3. The number of alkyl halides is 3. The van der Waals surface area contributed by atoms with Gasteiger partial charge in [0.25, 0.3) is 0 Å². The van der Waals surface area contributed by atoms with Crippen molar-refractivity contribution in [3.63, 3.8) is 0 Å². The normalized spacial score (nSPS) is 18.1. The van der Waals surface area contributed by atoms with Crippen LogP contribution in [-0.4, -0.2) is 16.0 Å². The molecule has 4 nitrogen and oxygen atoms in total. The van der Waals surface area contributed by atoms with Gasteiger partial charge < -0.3 is 10.6 Å². The summed E-state index contributed by atoms with van der Waals surface area (Å²) in [6, 6.07) is 6.30. The number of nitrogens with one attached hydrogen (secondary N) is 2. The molecule has 0 saturated heterocycles. The molecule has 2 aromatic rings. The van der Waals surface area contributed by atoms with Crippen LogP contribution in [0.3, 0.4) is 0 Å². The lowest BCUT2D eigenvalue weighted by Crippen LogP contribution is -2.23. The van der Waals surface area contributed by atoms with Crippen LogP contribution in [0.15, 0.2) is 28.7 Å². The van der Waals surface area contributed by atoms with Crippen molar-refractivity contribution >= 4 is 33.4 Å². The average molecular weight is 455 g/mol. The highest BCUT2D eigenvalue weighted by molar-refractivity contribution is 9.10. The molecular weight excluding hydrogens is 433 g/mol. The molecule has 0 atom stereocenters. The summed E-state index contributed by atoms with van der Waals surface area (Å²) in [5, 5.41) is 6.46. The molecule has 28 heavy (non-hydrogen) atoms. The third-order valence-electron chi connectivity index (χ3n) is 5.22. The van der Waals surface area contributed by atoms with Crippen molar-refractivity contribution in [2.24, 2.45) is 0 Å². The molecular formula is C20H22BrF3N4. The fourth-order valence-electron chi connectivity index (χ4n) is 3.58. The Kier molecular flexibility index (Phi) is 5.49. The lowest BCUT2D eigenvalue weighted by atomic mass is 9.96. The molecule has 0 amide bonds. The summed E-state index contributed by atoms with van der Waals surface area (Å²) in [5.41, 5.74) is 0.582. The molecule has 0 aliphatic heterocycles. The van der Waals surface area contributed by atoms with Crippen molar-refractivity contribution in [3.8, 4) is 0 Å². The Morgan fingerprint density at radius 2 is 1.71 bits per heavy atom. The maximum atomic E-state index is 13.2. The van der Waals surface area contributed by atoms with E-state index < -0.39 is 11.7 Å². The van der Waals surface area contributed by atoms with Gasteiger partial charge >= 0.3 is 6.18 Å². The predicted octanol–water partition coefficient (Wildman–Crippen LogP) is 6.62. The third kappa shape index (κ3) is 4.77. The van der Waals surface area contributed by atoms with Gasteiger partial charge in [-0.25, -0.2) is 4.98 Å². The Morgan fingerprint density at radius 3 is 2.39 bits per heavy atom. The summed E-state index contributed by atoms with van der Waals surface area (Å²) in [4.78, 5) is 9.17. The lowest BCUT2D eigenvalue weighted by molar-refractivity contribution is -0.138. The number of nitrogens with zero attached hydrogens (tertiary/aromatic N) is 2. The summed E-state index contributed by atoms with van der Waals surface area (Å²) in [5.74, 6) is 1.50. The van der Waals surface area contributed by atoms with Gasteiger partial charge in [0, 0.05) is 28.2 Å². The number of halogens is 4. The van der Waals surface area contributed by atoms with Crippen LogP contribution >= 0.6 is 15.9 Å². The summed E-state index contributed by atoms with van der Waals surface area (Å²) < 4.78 is 39.6. The molecule has 0 radical (unpaired) electrons. The Balaban J connectivity index is 1.58. The zero-order valence-electron chi connectivity index (χ0n) is 15.3. The fourth-order valence-corrected chi connectivity index (χ4v) is 4.05. The van der Waals surface area contributed by atoms with E-state index in [4.69, 9.17) is 0 Å². The smallest absolute Gasteiger partial charge is 0.351 e. The molecule has 1 aromatic heterocycles. The van der Waals surface area contributed by atoms with Gasteiger partial charge in [-0.2, -0.15) is 18.2 Å². The van der Waals surface area contributed by atoms with Crippen LogP contribution in [0.2, 0.25) is 0 Å². The minimum Gasteiger partial charge on any atom is -0.351 e. The Morgan fingerprint density at radius 1 is 0.964 bits per heavy atom. The second-order valence-electron chi connectivity index (χ2n) is 7.57. The van der Waals surface area contributed by atoms with Crippen LogP contribution in [0.25, 0.3) is 0 Å². The van der Waals surface area contributed by atoms with Crippen molar-refractivity contribution in [3.05, 3.63) is 40.0 Å². The van der Waals surface area contributed by atoms with Gasteiger partial charge in [-0.1, -0.05) is 35.2 Å². The van der Waals surface area contributed by atoms with Crippen molar-refractivity contribution < 1.29 is 13.2 Å². The number of rotatable bonds is 5. The molecule has 4 rings (SSSR count). The molecule has 2 aliphatic carbocycles. The largest absolute Gasteiger partial charge is 0.417 e. The topological polar surface area (TPSA) is 49.8 Å². The van der Waals surface area contributed by atoms with Crippen molar-refractivity contribution in [2.75, 3.05) is 10.6 Å². The van der Waals surface area contributed by atoms with E-state index in [1.165, 1.54) is 25.3 Å². The van der Waals surface area contributed by atoms with Crippen molar-refractivity contribution in [1.82, 2.24) is 9.97 Å². The molecule has 2 fully saturated rings. The van der Waals surface area contributed by atoms with Crippen LogP contribution in [0, 0.1) is 0 Å². The number of aromatic nitrogens is 2. The van der Waals surface area contributed by atoms with Gasteiger partial charge in [-0.3, -0.25) is 0 Å². The van der Waals surface area contributed by atoms with Gasteiger partial charge in [0.05, 0.1) is 11.3 Å². The van der Waals surface area contributed by atoms with Crippen molar-refractivity contribution in [2.45, 2.75) is 63.1 Å². The fraction of sp³-hybridized carbons (Fsp3) is 0.500. The quantitative estimate of drug-likeness (QED) is 0.532. The lowest BCUT2D eigenvalue weighted by Gasteiger charge is -2.23. The van der Waals surface area contributed by atoms with Gasteiger partial charge in [0.2, 0.25) is 5.95 Å². The van der Waals surface area contributed by atoms with E-state index in [-0.39, 0.29) is 4.47 Å². The minimum absolute atomic E-state index is 0.0200. The van der Waals surface area contributed by atoms with Crippen LogP contribution in [0.5, 0.6) is 0 Å². The standard InChI is InChI=1S/C20H22BrF3N4/c21-16-9-8-14(10-15(16)20(22,23)24)25-18-11-17(12-6-7-12)27-19(28-18)26-13-4-2-1-3-5-13/h8-13H,1-7H2,(H2,25,26,27,28). The van der Waals surface area contributed by atoms with Gasteiger partial charge in [-0.05, 0) is 43.9 Å². The Labute approximate surface area is 170 Å². The van der Waals surface area contributed by atoms with E-state index in [2.05, 4.69) is 36.5 Å². The van der Waals surface area contributed by atoms with E-state index in [1.807, 2.05) is 6.07 Å². The molecule has 0 bridgehead atoms. The first-order valence-electron chi connectivity index (χ1n) is 9.68. The highest BCUT2D eigenvalue weighted by Crippen LogP contribution is 2.41. The molecule has 8 heteroatoms. The maximum absolute atomic E-state index is 13.2. The molecule has 2 aliphatic rings. The monoisotopic (exact) mass is 454 g/mol. The first kappa shape index (κ1) is 19.5. The molecule has 1 aromatic carbocycles. The SMILES string of the molecule is FC(F)(F)c1cc(Nc2cc(C3CC3)nc(NC3CCCCC3)n2)ccc1Br. The number of hydrogen-bond acceptors (Lipinski definition) is 4. The van der Waals surface area contributed by atoms with Gasteiger partial charge in [0.1, 0.15) is 5.82 Å². The van der Waals surface area contributed by atoms with E-state index in [9.17, 15) is 13.2 Å². The molecule has 2 N–H and O–H groups in total.